The third-order valence-corrected chi connectivity index (χ3v) is 5.35. The van der Waals surface area contributed by atoms with Crippen LogP contribution < -0.4 is 5.32 Å². The summed E-state index contributed by atoms with van der Waals surface area (Å²) in [7, 11) is 0. The first-order valence-electron chi connectivity index (χ1n) is 11.2. The molecule has 0 aliphatic carbocycles. The number of benzene rings is 2. The lowest BCUT2D eigenvalue weighted by molar-refractivity contribution is -0.121. The zero-order valence-electron chi connectivity index (χ0n) is 20.8. The molecule has 180 valence electrons. The Labute approximate surface area is 199 Å². The Kier molecular flexibility index (Phi) is 8.95. The van der Waals surface area contributed by atoms with Crippen LogP contribution in [0.5, 0.6) is 0 Å². The number of allylic oxidation sites excluding steroid dienone is 2. The lowest BCUT2D eigenvalue weighted by Gasteiger charge is -2.22. The summed E-state index contributed by atoms with van der Waals surface area (Å²) in [5.74, 6) is -1.05. The van der Waals surface area contributed by atoms with Crippen LogP contribution >= 0.6 is 0 Å². The van der Waals surface area contributed by atoms with Gasteiger partial charge in [-0.25, -0.2) is 4.39 Å². The molecule has 0 saturated carbocycles. The van der Waals surface area contributed by atoms with Gasteiger partial charge < -0.3 is 5.32 Å². The Morgan fingerprint density at radius 3 is 2.35 bits per heavy atom. The lowest BCUT2D eigenvalue weighted by atomic mass is 10.0. The topological polar surface area (TPSA) is 88.7 Å². The third-order valence-electron chi connectivity index (χ3n) is 5.35. The summed E-state index contributed by atoms with van der Waals surface area (Å²) in [5, 5.41) is 11.0. The van der Waals surface area contributed by atoms with E-state index >= 15 is 0 Å². The first kappa shape index (κ1) is 26.6. The molecule has 1 N–H and O–H groups in total. The molecular formula is C26H32FN5O2. The number of rotatable bonds is 7. The molecule has 1 amide bonds. The highest BCUT2D eigenvalue weighted by molar-refractivity contribution is 5.99. The molecular weight excluding hydrogens is 433 g/mol. The average Bonchev–Trinajstić information content (AvgIpc) is 3.23. The van der Waals surface area contributed by atoms with Crippen molar-refractivity contribution in [2.75, 3.05) is 5.32 Å². The Morgan fingerprint density at radius 2 is 1.74 bits per heavy atom. The van der Waals surface area contributed by atoms with Gasteiger partial charge in [-0.15, -0.1) is 4.91 Å². The van der Waals surface area contributed by atoms with Crippen LogP contribution in [0.2, 0.25) is 0 Å². The maximum Gasteiger partial charge on any atom is 0.310 e. The number of anilines is 1. The van der Waals surface area contributed by atoms with Crippen LogP contribution in [0.15, 0.2) is 70.1 Å². The molecule has 1 heterocycles. The Balaban J connectivity index is 0.00000199. The lowest BCUT2D eigenvalue weighted by Crippen LogP contribution is -2.38. The van der Waals surface area contributed by atoms with Crippen molar-refractivity contribution >= 4 is 28.2 Å². The van der Waals surface area contributed by atoms with E-state index in [9.17, 15) is 14.1 Å². The highest BCUT2D eigenvalue weighted by Gasteiger charge is 2.29. The summed E-state index contributed by atoms with van der Waals surface area (Å²) in [4.78, 5) is 27.2. The van der Waals surface area contributed by atoms with Gasteiger partial charge in [0.2, 0.25) is 0 Å². The highest BCUT2D eigenvalue weighted by atomic mass is 19.1. The van der Waals surface area contributed by atoms with Gasteiger partial charge >= 0.3 is 5.91 Å². The van der Waals surface area contributed by atoms with Crippen molar-refractivity contribution in [1.82, 2.24) is 9.78 Å². The molecule has 0 bridgehead atoms. The van der Waals surface area contributed by atoms with Gasteiger partial charge in [-0.3, -0.25) is 14.5 Å². The molecule has 0 unspecified atom stereocenters. The Hall–Kier alpha value is -3.68. The zero-order chi connectivity index (χ0) is 25.5. The Bertz CT molecular complexity index is 1220. The number of hydrogen-bond donors (Lipinski definition) is 1. The first-order valence-corrected chi connectivity index (χ1v) is 11.2. The van der Waals surface area contributed by atoms with Crippen LogP contribution in [0.3, 0.4) is 0 Å². The molecule has 3 rings (SSSR count). The average molecular weight is 466 g/mol. The molecule has 0 spiro atoms. The summed E-state index contributed by atoms with van der Waals surface area (Å²) in [5.41, 5.74) is 3.99. The predicted molar refractivity (Wildman–Crippen MR) is 137 cm³/mol. The minimum absolute atomic E-state index is 0.278. The Morgan fingerprint density at radius 1 is 1.09 bits per heavy atom. The van der Waals surface area contributed by atoms with Gasteiger partial charge in [0.15, 0.2) is 0 Å². The van der Waals surface area contributed by atoms with Gasteiger partial charge in [0.05, 0.1) is 18.3 Å². The second-order valence-corrected chi connectivity index (χ2v) is 8.26. The molecule has 0 aliphatic heterocycles. The minimum Gasteiger partial charge on any atom is -0.371 e. The van der Waals surface area contributed by atoms with Gasteiger partial charge in [-0.05, 0) is 70.0 Å². The van der Waals surface area contributed by atoms with Crippen LogP contribution in [0.4, 0.5) is 10.1 Å². The van der Waals surface area contributed by atoms with Gasteiger partial charge in [-0.1, -0.05) is 32.0 Å². The maximum absolute atomic E-state index is 13.2. The molecule has 0 fully saturated rings. The number of nitroso groups, excluding NO2 is 1. The number of aliphatic imine (C=N–C) groups is 1. The van der Waals surface area contributed by atoms with Crippen molar-refractivity contribution in [2.24, 2.45) is 10.2 Å². The number of carbonyl (C=O) groups excluding carboxylic acids is 1. The standard InChI is InChI=1S/C24H26FN5O2.C2H6/c1-15(16(2)27-17(3)18-9-11-19(25)12-10-18)14-30-22-8-6-7-21(20(22)13-26-30)28-24(4,5)23(31)29-32;1-2/h6-13,28H,14H2,1-5H3;1-2H3/b16-15+,27-17?;. The number of aromatic nitrogens is 2. The monoisotopic (exact) mass is 465 g/mol. The van der Waals surface area contributed by atoms with E-state index < -0.39 is 11.4 Å². The van der Waals surface area contributed by atoms with E-state index in [-0.39, 0.29) is 5.82 Å². The molecule has 1 aromatic heterocycles. The fourth-order valence-electron chi connectivity index (χ4n) is 3.28. The summed E-state index contributed by atoms with van der Waals surface area (Å²) in [6.07, 6.45) is 1.72. The molecule has 0 radical (unpaired) electrons. The van der Waals surface area contributed by atoms with Crippen molar-refractivity contribution in [3.63, 3.8) is 0 Å². The summed E-state index contributed by atoms with van der Waals surface area (Å²) < 4.78 is 15.0. The van der Waals surface area contributed by atoms with Crippen molar-refractivity contribution in [3.8, 4) is 0 Å². The van der Waals surface area contributed by atoms with Crippen LogP contribution in [0, 0.1) is 10.7 Å². The van der Waals surface area contributed by atoms with Crippen LogP contribution in [0.1, 0.15) is 54.0 Å². The maximum atomic E-state index is 13.2. The fourth-order valence-corrected chi connectivity index (χ4v) is 3.28. The molecule has 2 aromatic carbocycles. The largest absolute Gasteiger partial charge is 0.371 e. The van der Waals surface area contributed by atoms with Gasteiger partial charge in [0.25, 0.3) is 0 Å². The minimum atomic E-state index is -1.13. The van der Waals surface area contributed by atoms with Crippen LogP contribution in [0.25, 0.3) is 10.9 Å². The van der Waals surface area contributed by atoms with E-state index in [2.05, 4.69) is 20.6 Å². The summed E-state index contributed by atoms with van der Waals surface area (Å²) in [6, 6.07) is 11.9. The fraction of sp³-hybridized carbons (Fsp3) is 0.346. The molecule has 0 aliphatic rings. The van der Waals surface area contributed by atoms with Crippen molar-refractivity contribution in [2.45, 2.75) is 60.5 Å². The molecule has 0 atom stereocenters. The molecule has 8 heteroatoms. The van der Waals surface area contributed by atoms with Gasteiger partial charge in [-0.2, -0.15) is 5.10 Å². The number of nitrogens with one attached hydrogen (secondary N) is 1. The normalized spacial score (nSPS) is 12.5. The quantitative estimate of drug-likeness (QED) is 0.319. The van der Waals surface area contributed by atoms with Crippen molar-refractivity contribution in [3.05, 3.63) is 76.2 Å². The van der Waals surface area contributed by atoms with Crippen LogP contribution in [-0.4, -0.2) is 26.9 Å². The highest BCUT2D eigenvalue weighted by Crippen LogP contribution is 2.27. The second kappa shape index (κ2) is 11.4. The smallest absolute Gasteiger partial charge is 0.310 e. The number of halogens is 1. The van der Waals surface area contributed by atoms with E-state index in [0.717, 1.165) is 33.4 Å². The summed E-state index contributed by atoms with van der Waals surface area (Å²) in [6.45, 7) is 13.6. The summed E-state index contributed by atoms with van der Waals surface area (Å²) >= 11 is 0. The molecule has 34 heavy (non-hydrogen) atoms. The molecule has 3 aromatic rings. The number of nitrogens with zero attached hydrogens (tertiary/aromatic N) is 4. The van der Waals surface area contributed by atoms with Gasteiger partial charge in [0.1, 0.15) is 11.4 Å². The first-order chi connectivity index (χ1) is 16.1. The predicted octanol–water partition coefficient (Wildman–Crippen LogP) is 6.49. The van der Waals surface area contributed by atoms with Crippen molar-refractivity contribution < 1.29 is 9.18 Å². The van der Waals surface area contributed by atoms with E-state index in [1.807, 2.05) is 57.5 Å². The number of hydrogen-bond acceptors (Lipinski definition) is 5. The number of fused-ring (bicyclic) bond motifs is 1. The van der Waals surface area contributed by atoms with E-state index in [4.69, 9.17) is 0 Å². The van der Waals surface area contributed by atoms with E-state index in [0.29, 0.717) is 12.2 Å². The third kappa shape index (κ3) is 6.21. The van der Waals surface area contributed by atoms with E-state index in [1.165, 1.54) is 12.1 Å². The molecule has 7 nitrogen and oxygen atoms in total. The van der Waals surface area contributed by atoms with Crippen LogP contribution in [-0.2, 0) is 11.3 Å². The SMILES string of the molecule is CC.CC(=N/C(C)=C(\C)Cn1ncc2c(NC(C)(C)C(=O)N=O)cccc21)c1ccc(F)cc1. The second-order valence-electron chi connectivity index (χ2n) is 8.26. The van der Waals surface area contributed by atoms with Crippen molar-refractivity contribution in [1.29, 1.82) is 0 Å². The zero-order valence-corrected chi connectivity index (χ0v) is 20.8. The van der Waals surface area contributed by atoms with E-state index in [1.54, 1.807) is 32.2 Å². The molecule has 0 saturated heterocycles. The number of carbonyl (C=O) groups is 1. The number of amides is 1. The van der Waals surface area contributed by atoms with Gasteiger partial charge in [0, 0.05) is 27.7 Å².